The van der Waals surface area contributed by atoms with Gasteiger partial charge in [-0.2, -0.15) is 0 Å². The fraction of sp³-hybridized carbons (Fsp3) is 0.500. The molecule has 0 radical (unpaired) electrons. The van der Waals surface area contributed by atoms with Crippen LogP contribution in [0.3, 0.4) is 0 Å². The standard InChI is InChI=1S/C16H22N6OS/c1-21-16(18-19-20-21)24-10-8-17-15(23)12-22-9-7-14(11-22)13-5-3-2-4-6-13/h2-6,14H,7-12H2,1H3,(H,17,23)/t14-/m1/s1. The van der Waals surface area contributed by atoms with E-state index in [2.05, 4.69) is 50.0 Å². The molecule has 8 heteroatoms. The Bertz CT molecular complexity index is 662. The summed E-state index contributed by atoms with van der Waals surface area (Å²) in [5, 5.41) is 15.0. The van der Waals surface area contributed by atoms with Gasteiger partial charge in [0, 0.05) is 25.9 Å². The van der Waals surface area contributed by atoms with Crippen LogP contribution in [-0.2, 0) is 11.8 Å². The van der Waals surface area contributed by atoms with Crippen LogP contribution in [0.5, 0.6) is 0 Å². The topological polar surface area (TPSA) is 75.9 Å². The third-order valence-electron chi connectivity index (χ3n) is 4.15. The van der Waals surface area contributed by atoms with Crippen molar-refractivity contribution in [1.82, 2.24) is 30.4 Å². The van der Waals surface area contributed by atoms with E-state index >= 15 is 0 Å². The second kappa shape index (κ2) is 8.25. The van der Waals surface area contributed by atoms with E-state index in [1.54, 1.807) is 11.7 Å². The van der Waals surface area contributed by atoms with Gasteiger partial charge in [-0.05, 0) is 34.9 Å². The Kier molecular flexibility index (Phi) is 5.81. The fourth-order valence-electron chi connectivity index (χ4n) is 2.91. The Morgan fingerprint density at radius 3 is 2.96 bits per heavy atom. The van der Waals surface area contributed by atoms with Crippen molar-refractivity contribution in [2.75, 3.05) is 31.9 Å². The van der Waals surface area contributed by atoms with Gasteiger partial charge in [-0.3, -0.25) is 9.69 Å². The molecule has 0 bridgehead atoms. The third kappa shape index (κ3) is 4.55. The van der Waals surface area contributed by atoms with Gasteiger partial charge in [0.25, 0.3) is 0 Å². The number of nitrogens with zero attached hydrogens (tertiary/aromatic N) is 5. The van der Waals surface area contributed by atoms with Gasteiger partial charge in [0.15, 0.2) is 0 Å². The van der Waals surface area contributed by atoms with E-state index in [4.69, 9.17) is 0 Å². The van der Waals surface area contributed by atoms with E-state index < -0.39 is 0 Å². The zero-order chi connectivity index (χ0) is 16.8. The summed E-state index contributed by atoms with van der Waals surface area (Å²) in [6.07, 6.45) is 1.12. The highest BCUT2D eigenvalue weighted by Crippen LogP contribution is 2.26. The molecule has 3 rings (SSSR count). The van der Waals surface area contributed by atoms with Crippen molar-refractivity contribution in [2.45, 2.75) is 17.5 Å². The van der Waals surface area contributed by atoms with E-state index in [1.165, 1.54) is 17.3 Å². The number of rotatable bonds is 7. The molecular weight excluding hydrogens is 324 g/mol. The van der Waals surface area contributed by atoms with E-state index in [0.29, 0.717) is 19.0 Å². The molecule has 7 nitrogen and oxygen atoms in total. The first-order chi connectivity index (χ1) is 11.7. The molecule has 0 saturated carbocycles. The zero-order valence-electron chi connectivity index (χ0n) is 13.8. The molecule has 1 fully saturated rings. The number of benzene rings is 1. The van der Waals surface area contributed by atoms with Gasteiger partial charge < -0.3 is 5.32 Å². The lowest BCUT2D eigenvalue weighted by Crippen LogP contribution is -2.37. The summed E-state index contributed by atoms with van der Waals surface area (Å²) in [5.41, 5.74) is 1.37. The molecule has 1 amide bonds. The fourth-order valence-corrected chi connectivity index (χ4v) is 3.61. The molecule has 128 valence electrons. The van der Waals surface area contributed by atoms with Gasteiger partial charge in [0.05, 0.1) is 6.54 Å². The van der Waals surface area contributed by atoms with Crippen LogP contribution in [0.15, 0.2) is 35.5 Å². The van der Waals surface area contributed by atoms with Crippen molar-refractivity contribution < 1.29 is 4.79 Å². The molecule has 0 spiro atoms. The second-order valence-electron chi connectivity index (χ2n) is 5.91. The van der Waals surface area contributed by atoms with Crippen LogP contribution in [-0.4, -0.2) is 62.9 Å². The van der Waals surface area contributed by atoms with Crippen molar-refractivity contribution in [3.05, 3.63) is 35.9 Å². The number of carbonyl (C=O) groups excluding carboxylic acids is 1. The van der Waals surface area contributed by atoms with Crippen LogP contribution in [0.1, 0.15) is 17.9 Å². The number of carbonyl (C=O) groups is 1. The largest absolute Gasteiger partial charge is 0.354 e. The van der Waals surface area contributed by atoms with Crippen molar-refractivity contribution >= 4 is 17.7 Å². The molecule has 1 saturated heterocycles. The molecular formula is C16H22N6OS. The minimum atomic E-state index is 0.0837. The van der Waals surface area contributed by atoms with Crippen molar-refractivity contribution in [3.8, 4) is 0 Å². The first-order valence-corrected chi connectivity index (χ1v) is 9.10. The summed E-state index contributed by atoms with van der Waals surface area (Å²) >= 11 is 1.53. The van der Waals surface area contributed by atoms with Crippen molar-refractivity contribution in [2.24, 2.45) is 7.05 Å². The average Bonchev–Trinajstić information content (AvgIpc) is 3.22. The van der Waals surface area contributed by atoms with E-state index in [0.717, 1.165) is 30.4 Å². The van der Waals surface area contributed by atoms with Gasteiger partial charge in [-0.15, -0.1) is 5.10 Å². The lowest BCUT2D eigenvalue weighted by atomic mass is 9.99. The Morgan fingerprint density at radius 1 is 1.38 bits per heavy atom. The quantitative estimate of drug-likeness (QED) is 0.593. The molecule has 1 N–H and O–H groups in total. The zero-order valence-corrected chi connectivity index (χ0v) is 14.6. The van der Waals surface area contributed by atoms with E-state index in [1.807, 2.05) is 6.07 Å². The smallest absolute Gasteiger partial charge is 0.234 e. The number of amides is 1. The van der Waals surface area contributed by atoms with Gasteiger partial charge in [0.2, 0.25) is 11.1 Å². The molecule has 1 aliphatic heterocycles. The Balaban J connectivity index is 1.35. The van der Waals surface area contributed by atoms with E-state index in [9.17, 15) is 4.79 Å². The Morgan fingerprint density at radius 2 is 2.21 bits per heavy atom. The summed E-state index contributed by atoms with van der Waals surface area (Å²) in [5.74, 6) is 1.38. The third-order valence-corrected chi connectivity index (χ3v) is 5.16. The minimum Gasteiger partial charge on any atom is -0.354 e. The molecule has 24 heavy (non-hydrogen) atoms. The van der Waals surface area contributed by atoms with Crippen LogP contribution in [0.4, 0.5) is 0 Å². The molecule has 1 atom stereocenters. The average molecular weight is 346 g/mol. The van der Waals surface area contributed by atoms with Gasteiger partial charge in [-0.25, -0.2) is 4.68 Å². The molecule has 2 heterocycles. The molecule has 0 aliphatic carbocycles. The Labute approximate surface area is 145 Å². The van der Waals surface area contributed by atoms with Crippen molar-refractivity contribution in [3.63, 3.8) is 0 Å². The summed E-state index contributed by atoms with van der Waals surface area (Å²) in [6, 6.07) is 10.5. The maximum absolute atomic E-state index is 12.1. The normalized spacial score (nSPS) is 18.0. The minimum absolute atomic E-state index is 0.0837. The second-order valence-corrected chi connectivity index (χ2v) is 6.98. The number of thioether (sulfide) groups is 1. The maximum Gasteiger partial charge on any atom is 0.234 e. The number of aromatic nitrogens is 4. The number of tetrazole rings is 1. The van der Waals surface area contributed by atoms with E-state index in [-0.39, 0.29) is 5.91 Å². The van der Waals surface area contributed by atoms with Gasteiger partial charge in [-0.1, -0.05) is 42.1 Å². The van der Waals surface area contributed by atoms with Crippen LogP contribution in [0, 0.1) is 0 Å². The predicted molar refractivity (Wildman–Crippen MR) is 92.8 cm³/mol. The molecule has 1 aromatic heterocycles. The molecule has 2 aromatic rings. The van der Waals surface area contributed by atoms with Crippen molar-refractivity contribution in [1.29, 1.82) is 0 Å². The summed E-state index contributed by atoms with van der Waals surface area (Å²) < 4.78 is 1.63. The van der Waals surface area contributed by atoms with Crippen LogP contribution in [0.25, 0.3) is 0 Å². The Hall–Kier alpha value is -1.93. The number of aryl methyl sites for hydroxylation is 1. The number of hydrogen-bond donors (Lipinski definition) is 1. The van der Waals surface area contributed by atoms with Crippen LogP contribution < -0.4 is 5.32 Å². The van der Waals surface area contributed by atoms with Gasteiger partial charge >= 0.3 is 0 Å². The van der Waals surface area contributed by atoms with Crippen LogP contribution in [0.2, 0.25) is 0 Å². The highest BCUT2D eigenvalue weighted by atomic mass is 32.2. The predicted octanol–water partition coefficient (Wildman–Crippen LogP) is 0.908. The molecule has 1 aromatic carbocycles. The van der Waals surface area contributed by atoms with Crippen LogP contribution >= 0.6 is 11.8 Å². The summed E-state index contributed by atoms with van der Waals surface area (Å²) in [6.45, 7) is 3.02. The van der Waals surface area contributed by atoms with Gasteiger partial charge in [0.1, 0.15) is 0 Å². The number of likely N-dealkylation sites (tertiary alicyclic amines) is 1. The highest BCUT2D eigenvalue weighted by Gasteiger charge is 2.24. The monoisotopic (exact) mass is 346 g/mol. The molecule has 1 aliphatic rings. The first-order valence-electron chi connectivity index (χ1n) is 8.11. The maximum atomic E-state index is 12.1. The lowest BCUT2D eigenvalue weighted by Gasteiger charge is -2.15. The first kappa shape index (κ1) is 16.9. The summed E-state index contributed by atoms with van der Waals surface area (Å²) in [4.78, 5) is 14.3. The highest BCUT2D eigenvalue weighted by molar-refractivity contribution is 7.99. The molecule has 0 unspecified atom stereocenters. The number of hydrogen-bond acceptors (Lipinski definition) is 6. The summed E-state index contributed by atoms with van der Waals surface area (Å²) in [7, 11) is 1.80. The lowest BCUT2D eigenvalue weighted by molar-refractivity contribution is -0.121. The SMILES string of the molecule is Cn1nnnc1SCCNC(=O)CN1CC[C@@H](c2ccccc2)C1. The number of nitrogens with one attached hydrogen (secondary N) is 1.